The van der Waals surface area contributed by atoms with Crippen LogP contribution in [0.1, 0.15) is 12.0 Å². The molecule has 0 unspecified atom stereocenters. The van der Waals surface area contributed by atoms with E-state index in [0.717, 1.165) is 25.1 Å². The lowest BCUT2D eigenvalue weighted by Gasteiger charge is -2.22. The number of carbonyl (C=O) groups is 1. The van der Waals surface area contributed by atoms with Gasteiger partial charge in [0.1, 0.15) is 18.6 Å². The first-order valence-electron chi connectivity index (χ1n) is 7.81. The monoisotopic (exact) mass is 350 g/mol. The fourth-order valence-electron chi connectivity index (χ4n) is 2.80. The summed E-state index contributed by atoms with van der Waals surface area (Å²) in [6.07, 6.45) is 2.32. The molecule has 9 heteroatoms. The second-order valence-corrected chi connectivity index (χ2v) is 6.15. The molecule has 1 saturated heterocycles. The predicted octanol–water partition coefficient (Wildman–Crippen LogP) is 0.767. The van der Waals surface area contributed by atoms with Gasteiger partial charge < -0.3 is 10.0 Å². The van der Waals surface area contributed by atoms with Gasteiger partial charge in [0.15, 0.2) is 0 Å². The van der Waals surface area contributed by atoms with Crippen molar-refractivity contribution in [2.75, 3.05) is 26.2 Å². The summed E-state index contributed by atoms with van der Waals surface area (Å²) in [4.78, 5) is 16.4. The molecule has 3 rings (SSSR count). The van der Waals surface area contributed by atoms with Gasteiger partial charge in [0, 0.05) is 32.7 Å². The van der Waals surface area contributed by atoms with E-state index in [1.165, 1.54) is 11.0 Å². The van der Waals surface area contributed by atoms with Crippen molar-refractivity contribution in [2.45, 2.75) is 19.5 Å². The number of benzene rings is 1. The van der Waals surface area contributed by atoms with Crippen molar-refractivity contribution in [1.29, 1.82) is 0 Å². The van der Waals surface area contributed by atoms with E-state index in [2.05, 4.69) is 20.4 Å². The van der Waals surface area contributed by atoms with E-state index < -0.39 is 0 Å². The highest BCUT2D eigenvalue weighted by molar-refractivity contribution is 6.32. The third-order valence-electron chi connectivity index (χ3n) is 4.08. The third-order valence-corrected chi connectivity index (χ3v) is 4.52. The van der Waals surface area contributed by atoms with Crippen LogP contribution < -0.4 is 0 Å². The number of aromatic nitrogens is 4. The van der Waals surface area contributed by atoms with Crippen LogP contribution in [0.2, 0.25) is 5.02 Å². The Kier molecular flexibility index (Phi) is 5.27. The van der Waals surface area contributed by atoms with Crippen LogP contribution in [-0.2, 0) is 17.9 Å². The quantitative estimate of drug-likeness (QED) is 0.876. The van der Waals surface area contributed by atoms with Gasteiger partial charge in [0.2, 0.25) is 5.91 Å². The number of hydrogen-bond donors (Lipinski definition) is 1. The maximum atomic E-state index is 12.3. The number of rotatable bonds is 4. The second-order valence-electron chi connectivity index (χ2n) is 5.77. The molecule has 0 saturated carbocycles. The largest absolute Gasteiger partial charge is 0.506 e. The van der Waals surface area contributed by atoms with E-state index in [4.69, 9.17) is 11.6 Å². The number of tetrazole rings is 1. The van der Waals surface area contributed by atoms with E-state index >= 15 is 0 Å². The summed E-state index contributed by atoms with van der Waals surface area (Å²) >= 11 is 6.15. The topological polar surface area (TPSA) is 87.4 Å². The van der Waals surface area contributed by atoms with Crippen molar-refractivity contribution in [1.82, 2.24) is 30.0 Å². The molecule has 0 bridgehead atoms. The van der Waals surface area contributed by atoms with E-state index in [1.807, 2.05) is 11.0 Å². The van der Waals surface area contributed by atoms with Crippen molar-refractivity contribution >= 4 is 17.5 Å². The first-order chi connectivity index (χ1) is 11.6. The maximum Gasteiger partial charge on any atom is 0.244 e. The molecule has 0 radical (unpaired) electrons. The molecule has 0 spiro atoms. The van der Waals surface area contributed by atoms with Crippen LogP contribution in [0.15, 0.2) is 24.5 Å². The lowest BCUT2D eigenvalue weighted by molar-refractivity contribution is -0.131. The summed E-state index contributed by atoms with van der Waals surface area (Å²) in [5.74, 6) is 0.113. The Morgan fingerprint density at radius 1 is 1.25 bits per heavy atom. The molecule has 1 aliphatic rings. The summed E-state index contributed by atoms with van der Waals surface area (Å²) in [5.41, 5.74) is 0.894. The number of nitrogens with zero attached hydrogens (tertiary/aromatic N) is 6. The minimum absolute atomic E-state index is 0.0135. The molecule has 1 amide bonds. The van der Waals surface area contributed by atoms with Gasteiger partial charge in [-0.25, -0.2) is 4.68 Å². The average Bonchev–Trinajstić information content (AvgIpc) is 2.96. The molecule has 2 heterocycles. The minimum Gasteiger partial charge on any atom is -0.506 e. The number of amides is 1. The molecular weight excluding hydrogens is 332 g/mol. The first-order valence-corrected chi connectivity index (χ1v) is 8.18. The lowest BCUT2D eigenvalue weighted by atomic mass is 10.2. The van der Waals surface area contributed by atoms with Crippen LogP contribution in [-0.4, -0.2) is 67.2 Å². The first kappa shape index (κ1) is 16.7. The Morgan fingerprint density at radius 2 is 2.12 bits per heavy atom. The zero-order valence-electron chi connectivity index (χ0n) is 13.2. The predicted molar refractivity (Wildman–Crippen MR) is 87.4 cm³/mol. The van der Waals surface area contributed by atoms with Crippen LogP contribution in [0.3, 0.4) is 0 Å². The van der Waals surface area contributed by atoms with Crippen molar-refractivity contribution in [2.24, 2.45) is 0 Å². The van der Waals surface area contributed by atoms with Crippen LogP contribution in [0, 0.1) is 0 Å². The van der Waals surface area contributed by atoms with Crippen molar-refractivity contribution in [3.8, 4) is 5.75 Å². The maximum absolute atomic E-state index is 12.3. The second kappa shape index (κ2) is 7.59. The molecule has 24 heavy (non-hydrogen) atoms. The standard InChI is InChI=1S/C15H19ClN6O2/c16-15-12(3-1-4-13(15)23)9-20-5-2-6-21(8-7-20)14(24)10-22-11-17-18-19-22/h1,3-4,11,23H,2,5-10H2. The van der Waals surface area contributed by atoms with E-state index in [0.29, 0.717) is 24.7 Å². The molecule has 1 aliphatic heterocycles. The zero-order valence-corrected chi connectivity index (χ0v) is 13.9. The summed E-state index contributed by atoms with van der Waals surface area (Å²) in [7, 11) is 0. The van der Waals surface area contributed by atoms with Crippen molar-refractivity contribution in [3.05, 3.63) is 35.1 Å². The van der Waals surface area contributed by atoms with Gasteiger partial charge in [-0.3, -0.25) is 9.69 Å². The molecule has 1 fully saturated rings. The summed E-state index contributed by atoms with van der Waals surface area (Å²) in [6, 6.07) is 5.28. The summed E-state index contributed by atoms with van der Waals surface area (Å²) in [6.45, 7) is 3.81. The minimum atomic E-state index is 0.0135. The number of aromatic hydroxyl groups is 1. The van der Waals surface area contributed by atoms with Gasteiger partial charge in [-0.2, -0.15) is 0 Å². The number of phenols is 1. The molecule has 128 valence electrons. The number of halogens is 1. The van der Waals surface area contributed by atoms with Crippen molar-refractivity contribution in [3.63, 3.8) is 0 Å². The van der Waals surface area contributed by atoms with Gasteiger partial charge in [-0.1, -0.05) is 23.7 Å². The Hall–Kier alpha value is -2.19. The summed E-state index contributed by atoms with van der Waals surface area (Å²) < 4.78 is 1.43. The third kappa shape index (κ3) is 4.01. The smallest absolute Gasteiger partial charge is 0.244 e. The molecule has 1 aromatic heterocycles. The average molecular weight is 351 g/mol. The number of hydrogen-bond acceptors (Lipinski definition) is 6. The summed E-state index contributed by atoms with van der Waals surface area (Å²) in [5, 5.41) is 20.9. The van der Waals surface area contributed by atoms with Crippen LogP contribution in [0.4, 0.5) is 0 Å². The highest BCUT2D eigenvalue weighted by Crippen LogP contribution is 2.27. The fraction of sp³-hybridized carbons (Fsp3) is 0.467. The fourth-order valence-corrected chi connectivity index (χ4v) is 2.98. The van der Waals surface area contributed by atoms with E-state index in [1.54, 1.807) is 12.1 Å². The van der Waals surface area contributed by atoms with Crippen LogP contribution in [0.25, 0.3) is 0 Å². The van der Waals surface area contributed by atoms with E-state index in [-0.39, 0.29) is 18.2 Å². The Bertz CT molecular complexity index is 693. The molecule has 8 nitrogen and oxygen atoms in total. The SMILES string of the molecule is O=C(Cn1cnnn1)N1CCCN(Cc2cccc(O)c2Cl)CC1. The van der Waals surface area contributed by atoms with Gasteiger partial charge in [0.05, 0.1) is 5.02 Å². The van der Waals surface area contributed by atoms with Gasteiger partial charge in [-0.05, 0) is 28.5 Å². The number of carbonyl (C=O) groups excluding carboxylic acids is 1. The molecular formula is C15H19ClN6O2. The van der Waals surface area contributed by atoms with Gasteiger partial charge in [0.25, 0.3) is 0 Å². The van der Waals surface area contributed by atoms with Gasteiger partial charge in [-0.15, -0.1) is 5.10 Å². The Morgan fingerprint density at radius 3 is 2.92 bits per heavy atom. The molecule has 0 atom stereocenters. The molecule has 2 aromatic rings. The zero-order chi connectivity index (χ0) is 16.9. The highest BCUT2D eigenvalue weighted by atomic mass is 35.5. The van der Waals surface area contributed by atoms with Crippen molar-refractivity contribution < 1.29 is 9.90 Å². The number of phenolic OH excluding ortho intramolecular Hbond substituents is 1. The normalized spacial score (nSPS) is 16.1. The molecule has 0 aliphatic carbocycles. The van der Waals surface area contributed by atoms with Crippen LogP contribution >= 0.6 is 11.6 Å². The van der Waals surface area contributed by atoms with Gasteiger partial charge >= 0.3 is 0 Å². The highest BCUT2D eigenvalue weighted by Gasteiger charge is 2.20. The molecule has 1 N–H and O–H groups in total. The Balaban J connectivity index is 1.56. The Labute approximate surface area is 144 Å². The van der Waals surface area contributed by atoms with E-state index in [9.17, 15) is 9.90 Å². The molecule has 1 aromatic carbocycles. The lowest BCUT2D eigenvalue weighted by Crippen LogP contribution is -2.37. The van der Waals surface area contributed by atoms with Crippen LogP contribution in [0.5, 0.6) is 5.75 Å².